The van der Waals surface area contributed by atoms with Gasteiger partial charge in [-0.15, -0.1) is 0 Å². The topological polar surface area (TPSA) is 24.7 Å². The summed E-state index contributed by atoms with van der Waals surface area (Å²) in [5.74, 6) is 0. The van der Waals surface area contributed by atoms with Gasteiger partial charge in [0, 0.05) is 17.8 Å². The zero-order valence-electron chi connectivity index (χ0n) is 9.33. The molecular formula is C11H8F6N2. The van der Waals surface area contributed by atoms with E-state index in [1.165, 1.54) is 0 Å². The molecule has 0 aromatic heterocycles. The maximum Gasteiger partial charge on any atom is 0.414 e. The van der Waals surface area contributed by atoms with E-state index in [2.05, 4.69) is 9.98 Å². The average Bonchev–Trinajstić information content (AvgIpc) is 2.84. The Morgan fingerprint density at radius 3 is 1.42 bits per heavy atom. The monoisotopic (exact) mass is 282 g/mol. The van der Waals surface area contributed by atoms with Crippen LogP contribution in [0.15, 0.2) is 34.3 Å². The number of nitrogens with zero attached hydrogens (tertiary/aromatic N) is 2. The van der Waals surface area contributed by atoms with Crippen molar-refractivity contribution in [1.82, 2.24) is 0 Å². The molecule has 0 spiro atoms. The van der Waals surface area contributed by atoms with Gasteiger partial charge in [0.05, 0.1) is 0 Å². The van der Waals surface area contributed by atoms with E-state index in [1.807, 2.05) is 0 Å². The van der Waals surface area contributed by atoms with Crippen LogP contribution in [-0.2, 0) is 0 Å². The Hall–Kier alpha value is -1.60. The van der Waals surface area contributed by atoms with Crippen LogP contribution in [0.3, 0.4) is 0 Å². The van der Waals surface area contributed by atoms with Crippen molar-refractivity contribution in [3.05, 3.63) is 24.3 Å². The van der Waals surface area contributed by atoms with E-state index >= 15 is 0 Å². The van der Waals surface area contributed by atoms with E-state index in [9.17, 15) is 26.3 Å². The highest BCUT2D eigenvalue weighted by Crippen LogP contribution is 2.29. The third kappa shape index (κ3) is 3.24. The summed E-state index contributed by atoms with van der Waals surface area (Å²) in [6, 6.07) is -3.82. The quantitative estimate of drug-likeness (QED) is 0.694. The van der Waals surface area contributed by atoms with Crippen LogP contribution in [0.5, 0.6) is 0 Å². The highest BCUT2D eigenvalue weighted by atomic mass is 19.4. The summed E-state index contributed by atoms with van der Waals surface area (Å²) in [5, 5.41) is 0. The number of allylic oxidation sites excluding steroid dienone is 2. The highest BCUT2D eigenvalue weighted by molar-refractivity contribution is 6.14. The second-order valence-corrected chi connectivity index (χ2v) is 4.11. The van der Waals surface area contributed by atoms with Crippen molar-refractivity contribution in [2.75, 3.05) is 0 Å². The number of hydrogen-bond donors (Lipinski definition) is 0. The Morgan fingerprint density at radius 2 is 1.16 bits per heavy atom. The average molecular weight is 282 g/mol. The van der Waals surface area contributed by atoms with Gasteiger partial charge in [-0.05, 0) is 24.3 Å². The molecule has 2 rings (SSSR count). The maximum atomic E-state index is 12.3. The third-order valence-electron chi connectivity index (χ3n) is 2.58. The SMILES string of the molecule is FC(F)(F)[C@@H]1C=CC(CC2=N[C@H](C(F)(F)F)C=C2)=N1. The van der Waals surface area contributed by atoms with Gasteiger partial charge in [-0.3, -0.25) is 9.98 Å². The van der Waals surface area contributed by atoms with Crippen molar-refractivity contribution in [2.45, 2.75) is 30.9 Å². The highest BCUT2D eigenvalue weighted by Gasteiger charge is 2.41. The molecule has 0 saturated carbocycles. The van der Waals surface area contributed by atoms with Gasteiger partial charge in [-0.1, -0.05) is 0 Å². The van der Waals surface area contributed by atoms with E-state index in [-0.39, 0.29) is 17.8 Å². The van der Waals surface area contributed by atoms with E-state index in [1.54, 1.807) is 0 Å². The zero-order valence-corrected chi connectivity index (χ0v) is 9.33. The van der Waals surface area contributed by atoms with E-state index in [0.717, 1.165) is 24.3 Å². The molecule has 2 heterocycles. The van der Waals surface area contributed by atoms with Gasteiger partial charge >= 0.3 is 12.4 Å². The molecule has 19 heavy (non-hydrogen) atoms. The molecule has 2 aliphatic rings. The first-order valence-corrected chi connectivity index (χ1v) is 5.29. The molecule has 0 fully saturated rings. The van der Waals surface area contributed by atoms with E-state index in [4.69, 9.17) is 0 Å². The molecule has 0 radical (unpaired) electrons. The second kappa shape index (κ2) is 4.50. The summed E-state index contributed by atoms with van der Waals surface area (Å²) in [4.78, 5) is 6.79. The molecule has 0 aliphatic carbocycles. The molecule has 0 aromatic rings. The largest absolute Gasteiger partial charge is 0.414 e. The van der Waals surface area contributed by atoms with Crippen LogP contribution in [0.1, 0.15) is 6.42 Å². The molecule has 2 nitrogen and oxygen atoms in total. The van der Waals surface area contributed by atoms with Crippen molar-refractivity contribution in [2.24, 2.45) is 9.98 Å². The standard InChI is InChI=1S/C11H8F6N2/c12-10(13,14)8-3-1-6(18-8)5-7-2-4-9(19-7)11(15,16)17/h1-4,8-9H,5H2/t8-,9-/m0/s1. The lowest BCUT2D eigenvalue weighted by Gasteiger charge is -2.09. The second-order valence-electron chi connectivity index (χ2n) is 4.11. The minimum absolute atomic E-state index is 0.0774. The van der Waals surface area contributed by atoms with Crippen molar-refractivity contribution in [1.29, 1.82) is 0 Å². The van der Waals surface area contributed by atoms with Gasteiger partial charge in [-0.25, -0.2) is 0 Å². The minimum Gasteiger partial charge on any atom is -0.272 e. The first-order valence-electron chi connectivity index (χ1n) is 5.29. The van der Waals surface area contributed by atoms with Crippen molar-refractivity contribution in [3.63, 3.8) is 0 Å². The fourth-order valence-electron chi connectivity index (χ4n) is 1.69. The number of rotatable bonds is 2. The van der Waals surface area contributed by atoms with Crippen LogP contribution in [0.4, 0.5) is 26.3 Å². The molecular weight excluding hydrogens is 274 g/mol. The Balaban J connectivity index is 2.02. The van der Waals surface area contributed by atoms with Crippen LogP contribution < -0.4 is 0 Å². The van der Waals surface area contributed by atoms with Gasteiger partial charge < -0.3 is 0 Å². The van der Waals surface area contributed by atoms with Crippen molar-refractivity contribution in [3.8, 4) is 0 Å². The van der Waals surface area contributed by atoms with Crippen LogP contribution in [0.25, 0.3) is 0 Å². The number of hydrogen-bond acceptors (Lipinski definition) is 2. The Bertz CT molecular complexity index is 436. The lowest BCUT2D eigenvalue weighted by molar-refractivity contribution is -0.136. The Kier molecular flexibility index (Phi) is 3.27. The summed E-state index contributed by atoms with van der Waals surface area (Å²) < 4.78 is 73.9. The summed E-state index contributed by atoms with van der Waals surface area (Å²) in [7, 11) is 0. The fourth-order valence-corrected chi connectivity index (χ4v) is 1.69. The molecule has 2 aliphatic heterocycles. The summed E-state index contributed by atoms with van der Waals surface area (Å²) in [6.45, 7) is 0. The van der Waals surface area contributed by atoms with Gasteiger partial charge in [0.25, 0.3) is 0 Å². The smallest absolute Gasteiger partial charge is 0.272 e. The molecule has 0 bridgehead atoms. The van der Waals surface area contributed by atoms with E-state index in [0.29, 0.717) is 0 Å². The summed E-state index contributed by atoms with van der Waals surface area (Å²) in [5.41, 5.74) is 0.155. The maximum absolute atomic E-state index is 12.3. The fraction of sp³-hybridized carbons (Fsp3) is 0.455. The predicted molar refractivity (Wildman–Crippen MR) is 57.5 cm³/mol. The molecule has 0 aromatic carbocycles. The molecule has 2 atom stereocenters. The molecule has 0 amide bonds. The molecule has 8 heteroatoms. The van der Waals surface area contributed by atoms with E-state index < -0.39 is 24.4 Å². The van der Waals surface area contributed by atoms with Gasteiger partial charge in [0.15, 0.2) is 12.1 Å². The predicted octanol–water partition coefficient (Wildman–Crippen LogP) is 3.26. The number of alkyl halides is 6. The first-order chi connectivity index (χ1) is 8.66. The summed E-state index contributed by atoms with van der Waals surface area (Å²) >= 11 is 0. The number of aliphatic imine (C=N–C) groups is 2. The lowest BCUT2D eigenvalue weighted by Crippen LogP contribution is -2.24. The van der Waals surface area contributed by atoms with Gasteiger partial charge in [0.2, 0.25) is 0 Å². The van der Waals surface area contributed by atoms with Crippen LogP contribution >= 0.6 is 0 Å². The molecule has 0 saturated heterocycles. The third-order valence-corrected chi connectivity index (χ3v) is 2.58. The molecule has 0 unspecified atom stereocenters. The summed E-state index contributed by atoms with van der Waals surface area (Å²) in [6.07, 6.45) is -5.01. The Morgan fingerprint density at radius 1 is 0.789 bits per heavy atom. The molecule has 0 N–H and O–H groups in total. The van der Waals surface area contributed by atoms with Crippen molar-refractivity contribution >= 4 is 11.4 Å². The van der Waals surface area contributed by atoms with Gasteiger partial charge in [-0.2, -0.15) is 26.3 Å². The van der Waals surface area contributed by atoms with Crippen LogP contribution in [0.2, 0.25) is 0 Å². The zero-order chi connectivity index (χ0) is 14.3. The van der Waals surface area contributed by atoms with Crippen LogP contribution in [-0.4, -0.2) is 35.9 Å². The normalized spacial score (nSPS) is 26.8. The molecule has 104 valence electrons. The lowest BCUT2D eigenvalue weighted by atomic mass is 10.2. The van der Waals surface area contributed by atoms with Gasteiger partial charge in [0.1, 0.15) is 0 Å². The van der Waals surface area contributed by atoms with Crippen LogP contribution in [0, 0.1) is 0 Å². The number of halogens is 6. The van der Waals surface area contributed by atoms with Crippen molar-refractivity contribution < 1.29 is 26.3 Å². The Labute approximate surface area is 104 Å². The minimum atomic E-state index is -4.47. The first kappa shape index (κ1) is 13.8.